The second-order valence-corrected chi connectivity index (χ2v) is 5.50. The normalized spacial score (nSPS) is 11.7. The highest BCUT2D eigenvalue weighted by Gasteiger charge is 2.26. The summed E-state index contributed by atoms with van der Waals surface area (Å²) in [6, 6.07) is 0. The van der Waals surface area contributed by atoms with Crippen molar-refractivity contribution in [2.45, 2.75) is 78.6 Å². The molecular formula is C14H30O2Si. The Morgan fingerprint density at radius 3 is 2.18 bits per heavy atom. The molecule has 0 bridgehead atoms. The van der Waals surface area contributed by atoms with Gasteiger partial charge in [-0.2, -0.15) is 0 Å². The molecule has 0 saturated heterocycles. The molecule has 0 rings (SSSR count). The van der Waals surface area contributed by atoms with Crippen LogP contribution in [0, 0.1) is 5.41 Å². The van der Waals surface area contributed by atoms with Crippen LogP contribution in [-0.4, -0.2) is 16.5 Å². The highest BCUT2D eigenvalue weighted by atomic mass is 28.2. The first kappa shape index (κ1) is 16.7. The highest BCUT2D eigenvalue weighted by molar-refractivity contribution is 6.05. The third-order valence-corrected chi connectivity index (χ3v) is 4.60. The number of hydrogen-bond acceptors (Lipinski definition) is 2. The average Bonchev–Trinajstić information content (AvgIpc) is 2.38. The van der Waals surface area contributed by atoms with Gasteiger partial charge in [-0.25, -0.2) is 0 Å². The zero-order chi connectivity index (χ0) is 13.1. The molecule has 0 N–H and O–H groups in total. The molecule has 0 saturated carbocycles. The molecule has 0 unspecified atom stereocenters. The molecule has 0 aliphatic heterocycles. The smallest absolute Gasteiger partial charge is 0.291 e. The second-order valence-electron chi connectivity index (χ2n) is 5.09. The summed E-state index contributed by atoms with van der Waals surface area (Å²) < 4.78 is 4.88. The fraction of sp³-hybridized carbons (Fsp3) is 0.929. The van der Waals surface area contributed by atoms with Crippen LogP contribution in [0.15, 0.2) is 0 Å². The van der Waals surface area contributed by atoms with Gasteiger partial charge >= 0.3 is 0 Å². The van der Waals surface area contributed by atoms with Crippen LogP contribution in [0.1, 0.15) is 78.6 Å². The first-order valence-corrected chi connectivity index (χ1v) is 8.02. The van der Waals surface area contributed by atoms with Gasteiger partial charge in [-0.15, -0.1) is 0 Å². The molecule has 0 heterocycles. The van der Waals surface area contributed by atoms with Gasteiger partial charge in [0.05, 0.1) is 0 Å². The van der Waals surface area contributed by atoms with E-state index in [1.807, 2.05) is 0 Å². The number of unbranched alkanes of at least 4 members (excludes halogenated alkanes) is 3. The molecule has 3 heteroatoms. The van der Waals surface area contributed by atoms with E-state index in [0.29, 0.717) is 22.3 Å². The van der Waals surface area contributed by atoms with Crippen molar-refractivity contribution in [1.29, 1.82) is 0 Å². The van der Waals surface area contributed by atoms with E-state index in [0.717, 1.165) is 6.42 Å². The first-order chi connectivity index (χ1) is 8.14. The Labute approximate surface area is 110 Å². The van der Waals surface area contributed by atoms with E-state index in [1.54, 1.807) is 0 Å². The molecule has 0 atom stereocenters. The lowest BCUT2D eigenvalue weighted by Crippen LogP contribution is -2.21. The van der Waals surface area contributed by atoms with Crippen LogP contribution in [-0.2, 0) is 9.22 Å². The van der Waals surface area contributed by atoms with Crippen LogP contribution in [0.25, 0.3) is 0 Å². The van der Waals surface area contributed by atoms with Gasteiger partial charge in [0.1, 0.15) is 0 Å². The fourth-order valence-corrected chi connectivity index (χ4v) is 2.68. The summed E-state index contributed by atoms with van der Waals surface area (Å²) >= 11 is 0. The van der Waals surface area contributed by atoms with Crippen LogP contribution in [0.4, 0.5) is 0 Å². The highest BCUT2D eigenvalue weighted by Crippen LogP contribution is 2.37. The topological polar surface area (TPSA) is 26.3 Å². The predicted molar refractivity (Wildman–Crippen MR) is 77.0 cm³/mol. The summed E-state index contributed by atoms with van der Waals surface area (Å²) in [6.45, 7) is 6.76. The Morgan fingerprint density at radius 1 is 1.06 bits per heavy atom. The molecular weight excluding hydrogens is 228 g/mol. The zero-order valence-corrected chi connectivity index (χ0v) is 14.2. The Morgan fingerprint density at radius 2 is 1.71 bits per heavy atom. The monoisotopic (exact) mass is 258 g/mol. The summed E-state index contributed by atoms with van der Waals surface area (Å²) in [5.41, 5.74) is 0.378. The molecule has 0 aromatic heterocycles. The summed E-state index contributed by atoms with van der Waals surface area (Å²) in [5, 5.41) is 0. The number of carbonyl (C=O) groups is 1. The van der Waals surface area contributed by atoms with Gasteiger partial charge in [-0.1, -0.05) is 59.3 Å². The summed E-state index contributed by atoms with van der Waals surface area (Å²) in [5.74, 6) is -0.00324. The van der Waals surface area contributed by atoms with E-state index in [2.05, 4.69) is 20.8 Å². The van der Waals surface area contributed by atoms with Crippen molar-refractivity contribution >= 4 is 16.5 Å². The van der Waals surface area contributed by atoms with E-state index < -0.39 is 0 Å². The Bertz CT molecular complexity index is 200. The van der Waals surface area contributed by atoms with Crippen molar-refractivity contribution in [2.75, 3.05) is 0 Å². The van der Waals surface area contributed by atoms with E-state index in [9.17, 15) is 4.79 Å². The van der Waals surface area contributed by atoms with Crippen molar-refractivity contribution in [3.8, 4) is 0 Å². The lowest BCUT2D eigenvalue weighted by Gasteiger charge is -2.31. The molecule has 17 heavy (non-hydrogen) atoms. The first-order valence-electron chi connectivity index (χ1n) is 7.21. The summed E-state index contributed by atoms with van der Waals surface area (Å²) in [6.07, 6.45) is 10.5. The molecule has 0 aliphatic carbocycles. The minimum Gasteiger partial charge on any atom is -0.529 e. The predicted octanol–water partition coefficient (Wildman–Crippen LogP) is 3.37. The maximum absolute atomic E-state index is 11.3. The van der Waals surface area contributed by atoms with Gasteiger partial charge < -0.3 is 4.43 Å². The Balaban J connectivity index is 4.10. The molecule has 2 nitrogen and oxygen atoms in total. The molecule has 0 aromatic carbocycles. The van der Waals surface area contributed by atoms with Crippen LogP contribution >= 0.6 is 0 Å². The third-order valence-electron chi connectivity index (χ3n) is 4.15. The van der Waals surface area contributed by atoms with E-state index in [4.69, 9.17) is 4.43 Å². The van der Waals surface area contributed by atoms with Gasteiger partial charge in [0.15, 0.2) is 0 Å². The molecule has 102 valence electrons. The molecule has 0 aromatic rings. The maximum Gasteiger partial charge on any atom is 0.291 e. The van der Waals surface area contributed by atoms with Crippen molar-refractivity contribution < 1.29 is 9.22 Å². The van der Waals surface area contributed by atoms with E-state index >= 15 is 0 Å². The van der Waals surface area contributed by atoms with E-state index in [1.165, 1.54) is 44.9 Å². The van der Waals surface area contributed by atoms with Crippen LogP contribution in [0.5, 0.6) is 0 Å². The minimum atomic E-state index is -0.00324. The number of hydrogen-bond donors (Lipinski definition) is 0. The van der Waals surface area contributed by atoms with Crippen LogP contribution in [0.2, 0.25) is 0 Å². The SMILES string of the molecule is CCCCCCC(CC)(CC)CCC(=O)O[SiH3]. The molecule has 0 fully saturated rings. The van der Waals surface area contributed by atoms with Gasteiger partial charge in [-0.3, -0.25) is 4.79 Å². The molecule has 0 amide bonds. The van der Waals surface area contributed by atoms with Gasteiger partial charge in [0.25, 0.3) is 5.97 Å². The van der Waals surface area contributed by atoms with E-state index in [-0.39, 0.29) is 5.97 Å². The molecule has 0 aliphatic rings. The lowest BCUT2D eigenvalue weighted by atomic mass is 9.74. The molecule has 0 radical (unpaired) electrons. The number of carbonyl (C=O) groups excluding carboxylic acids is 1. The average molecular weight is 258 g/mol. The van der Waals surface area contributed by atoms with Crippen LogP contribution in [0.3, 0.4) is 0 Å². The lowest BCUT2D eigenvalue weighted by molar-refractivity contribution is -0.134. The van der Waals surface area contributed by atoms with Crippen LogP contribution < -0.4 is 0 Å². The van der Waals surface area contributed by atoms with Crippen molar-refractivity contribution in [3.63, 3.8) is 0 Å². The van der Waals surface area contributed by atoms with Crippen molar-refractivity contribution in [1.82, 2.24) is 0 Å². The molecule has 0 spiro atoms. The fourth-order valence-electron chi connectivity index (χ4n) is 2.48. The Hall–Kier alpha value is -0.313. The standard InChI is InChI=1S/C14H30O2Si/c1-4-7-8-9-11-14(5-2,6-3)12-10-13(15)16-17/h4-12H2,1-3,17H3. The van der Waals surface area contributed by atoms with Gasteiger partial charge in [-0.05, 0) is 18.3 Å². The Kier molecular flexibility index (Phi) is 9.51. The quantitative estimate of drug-likeness (QED) is 0.443. The second kappa shape index (κ2) is 9.69. The zero-order valence-electron chi connectivity index (χ0n) is 12.2. The van der Waals surface area contributed by atoms with Crippen molar-refractivity contribution in [2.24, 2.45) is 5.41 Å². The number of rotatable bonds is 10. The van der Waals surface area contributed by atoms with Gasteiger partial charge in [0.2, 0.25) is 10.5 Å². The summed E-state index contributed by atoms with van der Waals surface area (Å²) in [4.78, 5) is 11.3. The minimum absolute atomic E-state index is 0.00324. The van der Waals surface area contributed by atoms with Gasteiger partial charge in [0, 0.05) is 6.42 Å². The largest absolute Gasteiger partial charge is 0.529 e. The third kappa shape index (κ3) is 6.87. The van der Waals surface area contributed by atoms with Crippen molar-refractivity contribution in [3.05, 3.63) is 0 Å². The summed E-state index contributed by atoms with van der Waals surface area (Å²) in [7, 11) is 0.531. The maximum atomic E-state index is 11.3.